The van der Waals surface area contributed by atoms with Gasteiger partial charge in [-0.1, -0.05) is 12.1 Å². The van der Waals surface area contributed by atoms with E-state index in [0.717, 1.165) is 0 Å². The van der Waals surface area contributed by atoms with Crippen LogP contribution in [0.4, 0.5) is 0 Å². The molecule has 1 N–H and O–H groups in total. The lowest BCUT2D eigenvalue weighted by Crippen LogP contribution is -2.14. The van der Waals surface area contributed by atoms with Crippen LogP contribution in [0.3, 0.4) is 0 Å². The van der Waals surface area contributed by atoms with Crippen molar-refractivity contribution in [2.45, 2.75) is 11.7 Å². The average Bonchev–Trinajstić information content (AvgIpc) is 2.89. The molecule has 2 aromatic rings. The number of fused-ring (bicyclic) bond motifs is 1. The van der Waals surface area contributed by atoms with Crippen LogP contribution in [-0.4, -0.2) is 16.8 Å². The maximum Gasteiger partial charge on any atom is 0.307 e. The highest BCUT2D eigenvalue weighted by Crippen LogP contribution is 2.42. The summed E-state index contributed by atoms with van der Waals surface area (Å²) in [6.45, 7) is 0. The molecule has 1 aromatic carbocycles. The Bertz CT molecular complexity index is 691. The Kier molecular flexibility index (Phi) is 3.06. The predicted molar refractivity (Wildman–Crippen MR) is 73.4 cm³/mol. The van der Waals surface area contributed by atoms with E-state index in [4.69, 9.17) is 9.52 Å². The summed E-state index contributed by atoms with van der Waals surface area (Å²) in [7, 11) is 0. The molecule has 1 fully saturated rings. The van der Waals surface area contributed by atoms with E-state index >= 15 is 0 Å². The van der Waals surface area contributed by atoms with Crippen molar-refractivity contribution in [1.29, 1.82) is 0 Å². The second-order valence-electron chi connectivity index (χ2n) is 4.61. The molecule has 2 heterocycles. The Morgan fingerprint density at radius 1 is 1.37 bits per heavy atom. The van der Waals surface area contributed by atoms with E-state index in [-0.39, 0.29) is 16.6 Å². The zero-order valence-corrected chi connectivity index (χ0v) is 10.9. The van der Waals surface area contributed by atoms with Crippen LogP contribution in [-0.2, 0) is 4.79 Å². The van der Waals surface area contributed by atoms with E-state index in [1.165, 1.54) is 18.0 Å². The summed E-state index contributed by atoms with van der Waals surface area (Å²) in [6, 6.07) is 7.10. The number of benzene rings is 1. The van der Waals surface area contributed by atoms with Crippen molar-refractivity contribution in [2.75, 3.05) is 5.75 Å². The summed E-state index contributed by atoms with van der Waals surface area (Å²) >= 11 is 1.51. The highest BCUT2D eigenvalue weighted by atomic mass is 32.2. The molecular weight excluding hydrogens is 264 g/mol. The number of para-hydroxylation sites is 1. The van der Waals surface area contributed by atoms with Gasteiger partial charge in [-0.05, 0) is 18.6 Å². The molecule has 19 heavy (non-hydrogen) atoms. The van der Waals surface area contributed by atoms with Gasteiger partial charge in [0.05, 0.1) is 17.6 Å². The molecule has 0 amide bonds. The standard InChI is InChI=1S/C14H12O4S/c15-13-9-3-1-2-4-11(9)18-6-10(13)12-5-8(7-19-12)14(16)17/h1-4,6,8,12H,5,7H2,(H,16,17). The number of carboxylic acid groups (broad SMARTS) is 1. The third kappa shape index (κ3) is 2.14. The van der Waals surface area contributed by atoms with Crippen LogP contribution < -0.4 is 5.43 Å². The van der Waals surface area contributed by atoms with Gasteiger partial charge in [-0.2, -0.15) is 11.8 Å². The molecular formula is C14H12O4S. The Morgan fingerprint density at radius 2 is 2.16 bits per heavy atom. The van der Waals surface area contributed by atoms with Gasteiger partial charge in [0.25, 0.3) is 0 Å². The van der Waals surface area contributed by atoms with E-state index in [0.29, 0.717) is 28.7 Å². The molecule has 0 bridgehead atoms. The normalized spacial score (nSPS) is 22.7. The third-order valence-corrected chi connectivity index (χ3v) is 4.84. The minimum absolute atomic E-state index is 0.0506. The molecule has 5 heteroatoms. The predicted octanol–water partition coefficient (Wildman–Crippen LogP) is 2.67. The van der Waals surface area contributed by atoms with Crippen molar-refractivity contribution in [2.24, 2.45) is 5.92 Å². The van der Waals surface area contributed by atoms with Gasteiger partial charge in [0.15, 0.2) is 5.43 Å². The second-order valence-corrected chi connectivity index (χ2v) is 5.84. The topological polar surface area (TPSA) is 67.5 Å². The Morgan fingerprint density at radius 3 is 2.89 bits per heavy atom. The molecule has 1 aromatic heterocycles. The molecule has 4 nitrogen and oxygen atoms in total. The summed E-state index contributed by atoms with van der Waals surface area (Å²) in [5, 5.41) is 9.48. The van der Waals surface area contributed by atoms with Gasteiger partial charge in [-0.15, -0.1) is 0 Å². The summed E-state index contributed by atoms with van der Waals surface area (Å²) in [5.74, 6) is -0.618. The van der Waals surface area contributed by atoms with Gasteiger partial charge in [0, 0.05) is 16.6 Å². The smallest absolute Gasteiger partial charge is 0.307 e. The quantitative estimate of drug-likeness (QED) is 0.913. The number of thioether (sulfide) groups is 1. The summed E-state index contributed by atoms with van der Waals surface area (Å²) in [6.07, 6.45) is 1.97. The van der Waals surface area contributed by atoms with Crippen LogP contribution in [0, 0.1) is 5.92 Å². The zero-order chi connectivity index (χ0) is 13.4. The molecule has 2 unspecified atom stereocenters. The van der Waals surface area contributed by atoms with Crippen LogP contribution in [0.25, 0.3) is 11.0 Å². The van der Waals surface area contributed by atoms with Gasteiger partial charge in [-0.3, -0.25) is 9.59 Å². The van der Waals surface area contributed by atoms with Crippen LogP contribution in [0.15, 0.2) is 39.7 Å². The molecule has 0 spiro atoms. The molecule has 2 atom stereocenters. The first kappa shape index (κ1) is 12.3. The zero-order valence-electron chi connectivity index (χ0n) is 10.0. The van der Waals surface area contributed by atoms with Crippen LogP contribution in [0.1, 0.15) is 17.2 Å². The highest BCUT2D eigenvalue weighted by molar-refractivity contribution is 7.99. The second kappa shape index (κ2) is 4.74. The molecule has 0 saturated carbocycles. The molecule has 0 aliphatic carbocycles. The first-order chi connectivity index (χ1) is 9.16. The Hall–Kier alpha value is -1.75. The van der Waals surface area contributed by atoms with Crippen molar-refractivity contribution in [3.8, 4) is 0 Å². The van der Waals surface area contributed by atoms with Crippen LogP contribution in [0.2, 0.25) is 0 Å². The van der Waals surface area contributed by atoms with E-state index in [1.807, 2.05) is 6.07 Å². The summed E-state index contributed by atoms with van der Waals surface area (Å²) < 4.78 is 5.47. The number of aliphatic carboxylic acids is 1. The first-order valence-electron chi connectivity index (χ1n) is 6.01. The fourth-order valence-electron chi connectivity index (χ4n) is 2.33. The lowest BCUT2D eigenvalue weighted by Gasteiger charge is -2.08. The largest absolute Gasteiger partial charge is 0.481 e. The van der Waals surface area contributed by atoms with Crippen LogP contribution in [0.5, 0.6) is 0 Å². The van der Waals surface area contributed by atoms with Crippen molar-refractivity contribution >= 4 is 28.7 Å². The van der Waals surface area contributed by atoms with Crippen molar-refractivity contribution < 1.29 is 14.3 Å². The summed E-state index contributed by atoms with van der Waals surface area (Å²) in [5.41, 5.74) is 1.09. The molecule has 98 valence electrons. The number of hydrogen-bond acceptors (Lipinski definition) is 4. The van der Waals surface area contributed by atoms with Gasteiger partial charge in [-0.25, -0.2) is 0 Å². The Labute approximate surface area is 113 Å². The van der Waals surface area contributed by atoms with E-state index in [9.17, 15) is 9.59 Å². The number of carbonyl (C=O) groups is 1. The number of rotatable bonds is 2. The average molecular weight is 276 g/mol. The van der Waals surface area contributed by atoms with Crippen LogP contribution >= 0.6 is 11.8 Å². The lowest BCUT2D eigenvalue weighted by molar-refractivity contribution is -0.140. The molecule has 1 aliphatic rings. The third-order valence-electron chi connectivity index (χ3n) is 3.40. The molecule has 1 saturated heterocycles. The summed E-state index contributed by atoms with van der Waals surface area (Å²) in [4.78, 5) is 23.3. The minimum atomic E-state index is -0.792. The van der Waals surface area contributed by atoms with Crippen molar-refractivity contribution in [3.63, 3.8) is 0 Å². The van der Waals surface area contributed by atoms with Gasteiger partial charge >= 0.3 is 5.97 Å². The fraction of sp³-hybridized carbons (Fsp3) is 0.286. The minimum Gasteiger partial charge on any atom is -0.481 e. The fourth-order valence-corrected chi connectivity index (χ4v) is 3.78. The highest BCUT2D eigenvalue weighted by Gasteiger charge is 2.33. The van der Waals surface area contributed by atoms with Gasteiger partial charge in [0.2, 0.25) is 0 Å². The Balaban J connectivity index is 2.00. The van der Waals surface area contributed by atoms with E-state index in [2.05, 4.69) is 0 Å². The number of carboxylic acids is 1. The maximum absolute atomic E-state index is 12.4. The van der Waals surface area contributed by atoms with Crippen molar-refractivity contribution in [1.82, 2.24) is 0 Å². The monoisotopic (exact) mass is 276 g/mol. The van der Waals surface area contributed by atoms with Crippen molar-refractivity contribution in [3.05, 3.63) is 46.3 Å². The molecule has 1 aliphatic heterocycles. The lowest BCUT2D eigenvalue weighted by atomic mass is 10.0. The van der Waals surface area contributed by atoms with E-state index in [1.54, 1.807) is 18.2 Å². The van der Waals surface area contributed by atoms with Gasteiger partial charge in [0.1, 0.15) is 5.58 Å². The van der Waals surface area contributed by atoms with Gasteiger partial charge < -0.3 is 9.52 Å². The first-order valence-corrected chi connectivity index (χ1v) is 7.06. The molecule has 0 radical (unpaired) electrons. The molecule has 3 rings (SSSR count). The SMILES string of the molecule is O=C(O)C1CSC(c2coc3ccccc3c2=O)C1. The van der Waals surface area contributed by atoms with E-state index < -0.39 is 5.97 Å². The maximum atomic E-state index is 12.4. The number of hydrogen-bond donors (Lipinski definition) is 1.